The third kappa shape index (κ3) is 6.46. The molecule has 0 aliphatic heterocycles. The van der Waals surface area contributed by atoms with Crippen LogP contribution in [0.4, 0.5) is 11.4 Å². The molecule has 0 unspecified atom stereocenters. The lowest BCUT2D eigenvalue weighted by atomic mass is 10.2. The standard InChI is InChI=1S/C21H21Cl2N5O2S/c1-3-28-18(11-19(29)25-15-8-9-16(22)17(23)10-15)26-27-21(28)31-12-20(30)24-14-6-4-13(2)5-7-14/h4-10H,3,11-12H2,1-2H3,(H,24,30)(H,25,29). The maximum absolute atomic E-state index is 12.4. The highest BCUT2D eigenvalue weighted by atomic mass is 35.5. The van der Waals surface area contributed by atoms with Gasteiger partial charge in [0.2, 0.25) is 11.8 Å². The fourth-order valence-corrected chi connectivity index (χ4v) is 3.88. The van der Waals surface area contributed by atoms with Gasteiger partial charge in [-0.15, -0.1) is 10.2 Å². The SMILES string of the molecule is CCn1c(CC(=O)Nc2ccc(Cl)c(Cl)c2)nnc1SCC(=O)Nc1ccc(C)cc1. The van der Waals surface area contributed by atoms with Crippen LogP contribution in [0.2, 0.25) is 10.0 Å². The van der Waals surface area contributed by atoms with Crippen molar-refractivity contribution >= 4 is 58.2 Å². The minimum absolute atomic E-state index is 0.0389. The van der Waals surface area contributed by atoms with Gasteiger partial charge in [-0.1, -0.05) is 52.7 Å². The van der Waals surface area contributed by atoms with Crippen LogP contribution in [0.1, 0.15) is 18.3 Å². The van der Waals surface area contributed by atoms with Gasteiger partial charge in [0.05, 0.1) is 22.2 Å². The summed E-state index contributed by atoms with van der Waals surface area (Å²) < 4.78 is 1.82. The molecule has 0 saturated heterocycles. The summed E-state index contributed by atoms with van der Waals surface area (Å²) in [5, 5.41) is 15.2. The monoisotopic (exact) mass is 477 g/mol. The zero-order valence-electron chi connectivity index (χ0n) is 17.0. The number of aryl methyl sites for hydroxylation is 1. The molecular weight excluding hydrogens is 457 g/mol. The average molecular weight is 478 g/mol. The first kappa shape index (κ1) is 23.1. The number of halogens is 2. The molecule has 0 bridgehead atoms. The molecule has 0 radical (unpaired) electrons. The number of benzene rings is 2. The van der Waals surface area contributed by atoms with Gasteiger partial charge in [-0.2, -0.15) is 0 Å². The van der Waals surface area contributed by atoms with Crippen molar-refractivity contribution in [2.75, 3.05) is 16.4 Å². The summed E-state index contributed by atoms with van der Waals surface area (Å²) in [5.41, 5.74) is 2.41. The summed E-state index contributed by atoms with van der Waals surface area (Å²) in [6.07, 6.45) is 0.0389. The van der Waals surface area contributed by atoms with Crippen molar-refractivity contribution in [2.24, 2.45) is 0 Å². The number of hydrogen-bond donors (Lipinski definition) is 2. The number of nitrogens with zero attached hydrogens (tertiary/aromatic N) is 3. The number of amides is 2. The number of rotatable bonds is 8. The van der Waals surface area contributed by atoms with E-state index in [4.69, 9.17) is 23.2 Å². The maximum atomic E-state index is 12.4. The van der Waals surface area contributed by atoms with Crippen molar-refractivity contribution in [3.05, 3.63) is 63.9 Å². The van der Waals surface area contributed by atoms with Gasteiger partial charge in [0, 0.05) is 17.9 Å². The van der Waals surface area contributed by atoms with E-state index in [0.29, 0.717) is 33.3 Å². The average Bonchev–Trinajstić information content (AvgIpc) is 3.12. The highest BCUT2D eigenvalue weighted by Gasteiger charge is 2.16. The van der Waals surface area contributed by atoms with Gasteiger partial charge >= 0.3 is 0 Å². The van der Waals surface area contributed by atoms with E-state index >= 15 is 0 Å². The molecule has 7 nitrogen and oxygen atoms in total. The summed E-state index contributed by atoms with van der Waals surface area (Å²) in [5.74, 6) is 0.302. The van der Waals surface area contributed by atoms with Crippen LogP contribution in [0, 0.1) is 6.92 Å². The third-order valence-corrected chi connectivity index (χ3v) is 6.01. The Kier molecular flexibility index (Phi) is 7.95. The quantitative estimate of drug-likeness (QED) is 0.453. The van der Waals surface area contributed by atoms with E-state index < -0.39 is 0 Å². The molecule has 3 rings (SSSR count). The van der Waals surface area contributed by atoms with E-state index in [2.05, 4.69) is 20.8 Å². The van der Waals surface area contributed by atoms with E-state index in [-0.39, 0.29) is 24.0 Å². The fourth-order valence-electron chi connectivity index (χ4n) is 2.76. The summed E-state index contributed by atoms with van der Waals surface area (Å²) >= 11 is 13.1. The Morgan fingerprint density at radius 1 is 0.968 bits per heavy atom. The van der Waals surface area contributed by atoms with Crippen molar-refractivity contribution in [3.63, 3.8) is 0 Å². The van der Waals surface area contributed by atoms with Crippen LogP contribution >= 0.6 is 35.0 Å². The minimum Gasteiger partial charge on any atom is -0.326 e. The van der Waals surface area contributed by atoms with E-state index in [1.165, 1.54) is 11.8 Å². The van der Waals surface area contributed by atoms with Crippen LogP contribution < -0.4 is 10.6 Å². The predicted octanol–water partition coefficient (Wildman–Crippen LogP) is 4.83. The number of nitrogens with one attached hydrogen (secondary N) is 2. The van der Waals surface area contributed by atoms with Crippen LogP contribution in [-0.2, 0) is 22.6 Å². The van der Waals surface area contributed by atoms with Crippen LogP contribution in [0.5, 0.6) is 0 Å². The fraction of sp³-hybridized carbons (Fsp3) is 0.238. The van der Waals surface area contributed by atoms with Gasteiger partial charge in [0.1, 0.15) is 5.82 Å². The maximum Gasteiger partial charge on any atom is 0.234 e. The summed E-state index contributed by atoms with van der Waals surface area (Å²) in [4.78, 5) is 24.6. The van der Waals surface area contributed by atoms with E-state index in [1.54, 1.807) is 18.2 Å². The molecule has 2 N–H and O–H groups in total. The number of anilines is 2. The van der Waals surface area contributed by atoms with Crippen molar-refractivity contribution < 1.29 is 9.59 Å². The molecule has 2 amide bonds. The van der Waals surface area contributed by atoms with E-state index in [1.807, 2.05) is 42.7 Å². The van der Waals surface area contributed by atoms with Crippen LogP contribution in [0.3, 0.4) is 0 Å². The highest BCUT2D eigenvalue weighted by molar-refractivity contribution is 7.99. The first-order valence-electron chi connectivity index (χ1n) is 9.52. The smallest absolute Gasteiger partial charge is 0.234 e. The van der Waals surface area contributed by atoms with E-state index in [0.717, 1.165) is 11.3 Å². The highest BCUT2D eigenvalue weighted by Crippen LogP contribution is 2.25. The molecule has 3 aromatic rings. The first-order chi connectivity index (χ1) is 14.9. The molecule has 1 aromatic heterocycles. The van der Waals surface area contributed by atoms with Gasteiger partial charge in [-0.3, -0.25) is 9.59 Å². The lowest BCUT2D eigenvalue weighted by molar-refractivity contribution is -0.116. The number of aromatic nitrogens is 3. The van der Waals surface area contributed by atoms with Gasteiger partial charge < -0.3 is 15.2 Å². The molecule has 10 heteroatoms. The van der Waals surface area contributed by atoms with Gasteiger partial charge in [0.15, 0.2) is 5.16 Å². The van der Waals surface area contributed by atoms with Gasteiger partial charge in [-0.05, 0) is 44.2 Å². The lowest BCUT2D eigenvalue weighted by Crippen LogP contribution is -2.18. The second-order valence-electron chi connectivity index (χ2n) is 6.70. The largest absolute Gasteiger partial charge is 0.326 e. The Morgan fingerprint density at radius 3 is 2.32 bits per heavy atom. The summed E-state index contributed by atoms with van der Waals surface area (Å²) in [6, 6.07) is 12.5. The third-order valence-electron chi connectivity index (χ3n) is 4.30. The number of carbonyl (C=O) groups is 2. The Bertz CT molecular complexity index is 1090. The Balaban J connectivity index is 1.58. The number of carbonyl (C=O) groups excluding carboxylic acids is 2. The molecule has 0 aliphatic rings. The molecule has 0 saturated carbocycles. The van der Waals surface area contributed by atoms with Crippen LogP contribution in [0.25, 0.3) is 0 Å². The van der Waals surface area contributed by atoms with E-state index in [9.17, 15) is 9.59 Å². The zero-order chi connectivity index (χ0) is 22.4. The molecule has 0 aliphatic carbocycles. The van der Waals surface area contributed by atoms with Gasteiger partial charge in [-0.25, -0.2) is 0 Å². The molecule has 1 heterocycles. The van der Waals surface area contributed by atoms with Crippen LogP contribution in [0.15, 0.2) is 47.6 Å². The Hall–Kier alpha value is -2.55. The molecule has 0 fully saturated rings. The van der Waals surface area contributed by atoms with Gasteiger partial charge in [0.25, 0.3) is 0 Å². The Morgan fingerprint density at radius 2 is 1.65 bits per heavy atom. The van der Waals surface area contributed by atoms with Crippen LogP contribution in [-0.4, -0.2) is 32.3 Å². The molecule has 0 spiro atoms. The van der Waals surface area contributed by atoms with Crippen molar-refractivity contribution in [1.82, 2.24) is 14.8 Å². The molecule has 0 atom stereocenters. The lowest BCUT2D eigenvalue weighted by Gasteiger charge is -2.09. The second kappa shape index (κ2) is 10.7. The molecule has 162 valence electrons. The number of thioether (sulfide) groups is 1. The minimum atomic E-state index is -0.255. The zero-order valence-corrected chi connectivity index (χ0v) is 19.3. The normalized spacial score (nSPS) is 10.7. The second-order valence-corrected chi connectivity index (χ2v) is 8.46. The summed E-state index contributed by atoms with van der Waals surface area (Å²) in [6.45, 7) is 4.49. The molecular formula is C21H21Cl2N5O2S. The molecule has 2 aromatic carbocycles. The van der Waals surface area contributed by atoms with Crippen molar-refractivity contribution in [1.29, 1.82) is 0 Å². The predicted molar refractivity (Wildman–Crippen MR) is 125 cm³/mol. The van der Waals surface area contributed by atoms with Crippen molar-refractivity contribution in [3.8, 4) is 0 Å². The summed E-state index contributed by atoms with van der Waals surface area (Å²) in [7, 11) is 0. The topological polar surface area (TPSA) is 88.9 Å². The number of hydrogen-bond acceptors (Lipinski definition) is 5. The molecule has 31 heavy (non-hydrogen) atoms. The van der Waals surface area contributed by atoms with Crippen molar-refractivity contribution in [2.45, 2.75) is 32.0 Å². The first-order valence-corrected chi connectivity index (χ1v) is 11.3. The Labute approximate surface area is 194 Å².